The fourth-order valence-electron chi connectivity index (χ4n) is 2.38. The summed E-state index contributed by atoms with van der Waals surface area (Å²) in [6.07, 6.45) is 0. The first-order valence-electron chi connectivity index (χ1n) is 5.26. The van der Waals surface area contributed by atoms with Gasteiger partial charge in [0.15, 0.2) is 0 Å². The summed E-state index contributed by atoms with van der Waals surface area (Å²) in [5, 5.41) is 22.4. The van der Waals surface area contributed by atoms with Crippen molar-refractivity contribution in [2.24, 2.45) is 5.92 Å². The number of hydrogen-bond donors (Lipinski definition) is 3. The lowest BCUT2D eigenvalue weighted by molar-refractivity contribution is -0.0620. The highest BCUT2D eigenvalue weighted by Gasteiger charge is 2.40. The molecule has 0 amide bonds. The maximum absolute atomic E-state index is 10.3. The Kier molecular flexibility index (Phi) is 3.38. The van der Waals surface area contributed by atoms with Gasteiger partial charge in [-0.05, 0) is 45.9 Å². The normalized spacial score (nSPS) is 22.6. The minimum absolute atomic E-state index is 0.118. The van der Waals surface area contributed by atoms with Crippen LogP contribution in [0.1, 0.15) is 27.7 Å². The number of allylic oxidation sites excluding steroid dienone is 2. The van der Waals surface area contributed by atoms with Gasteiger partial charge in [-0.1, -0.05) is 11.1 Å². The average molecular weight is 211 g/mol. The Labute approximate surface area is 91.5 Å². The molecule has 3 heteroatoms. The van der Waals surface area contributed by atoms with Crippen molar-refractivity contribution in [3.05, 3.63) is 22.3 Å². The zero-order valence-electron chi connectivity index (χ0n) is 10.2. The number of hydrogen-bond acceptors (Lipinski definition) is 3. The minimum atomic E-state index is -1.24. The zero-order chi connectivity index (χ0) is 11.8. The molecule has 1 atom stereocenters. The molecule has 86 valence electrons. The molecule has 3 nitrogen and oxygen atoms in total. The Bertz CT molecular complexity index is 301. The molecule has 0 aromatic carbocycles. The predicted molar refractivity (Wildman–Crippen MR) is 61.3 cm³/mol. The monoisotopic (exact) mass is 211 g/mol. The van der Waals surface area contributed by atoms with Crippen molar-refractivity contribution >= 4 is 0 Å². The summed E-state index contributed by atoms with van der Waals surface area (Å²) in [5.74, 6) is -0.118. The average Bonchev–Trinajstić information content (AvgIpc) is 2.43. The highest BCUT2D eigenvalue weighted by Crippen LogP contribution is 2.41. The Morgan fingerprint density at radius 3 is 1.80 bits per heavy atom. The molecule has 0 saturated heterocycles. The smallest absolute Gasteiger partial charge is 0.149 e. The molecule has 0 radical (unpaired) electrons. The largest absolute Gasteiger partial charge is 0.392 e. The molecule has 3 N–H and O–H groups in total. The van der Waals surface area contributed by atoms with E-state index in [4.69, 9.17) is 0 Å². The molecule has 0 aromatic rings. The second-order valence-electron chi connectivity index (χ2n) is 4.38. The Morgan fingerprint density at radius 2 is 1.53 bits per heavy atom. The van der Waals surface area contributed by atoms with Crippen LogP contribution in [0.25, 0.3) is 0 Å². The number of aliphatic hydroxyl groups excluding tert-OH is 1. The summed E-state index contributed by atoms with van der Waals surface area (Å²) in [6, 6.07) is 0. The van der Waals surface area contributed by atoms with E-state index in [1.807, 2.05) is 13.8 Å². The van der Waals surface area contributed by atoms with Crippen LogP contribution in [-0.2, 0) is 0 Å². The van der Waals surface area contributed by atoms with E-state index in [0.29, 0.717) is 0 Å². The second kappa shape index (κ2) is 4.08. The second-order valence-corrected chi connectivity index (χ2v) is 4.38. The molecule has 1 aliphatic rings. The van der Waals surface area contributed by atoms with E-state index in [0.717, 1.165) is 11.1 Å². The molecule has 0 fully saturated rings. The zero-order valence-corrected chi connectivity index (χ0v) is 10.2. The lowest BCUT2D eigenvalue weighted by atomic mass is 9.86. The Balaban J connectivity index is 3.19. The molecular weight excluding hydrogens is 190 g/mol. The van der Waals surface area contributed by atoms with E-state index >= 15 is 0 Å². The van der Waals surface area contributed by atoms with Crippen molar-refractivity contribution in [2.75, 3.05) is 13.7 Å². The summed E-state index contributed by atoms with van der Waals surface area (Å²) in [6.45, 7) is 7.85. The van der Waals surface area contributed by atoms with Crippen molar-refractivity contribution in [1.82, 2.24) is 5.32 Å². The molecule has 0 aliphatic heterocycles. The maximum atomic E-state index is 10.3. The molecule has 0 aromatic heterocycles. The third-order valence-electron chi connectivity index (χ3n) is 3.76. The van der Waals surface area contributed by atoms with Gasteiger partial charge in [0.05, 0.1) is 6.61 Å². The van der Waals surface area contributed by atoms with E-state index in [9.17, 15) is 10.2 Å². The summed E-state index contributed by atoms with van der Waals surface area (Å²) in [7, 11) is 1.67. The number of nitrogens with one attached hydrogen (secondary N) is 1. The van der Waals surface area contributed by atoms with E-state index in [1.165, 1.54) is 11.1 Å². The van der Waals surface area contributed by atoms with Gasteiger partial charge in [0.1, 0.15) is 5.72 Å². The Morgan fingerprint density at radius 1 is 1.13 bits per heavy atom. The molecule has 0 spiro atoms. The van der Waals surface area contributed by atoms with Gasteiger partial charge in [-0.2, -0.15) is 0 Å². The van der Waals surface area contributed by atoms with Crippen LogP contribution >= 0.6 is 0 Å². The summed E-state index contributed by atoms with van der Waals surface area (Å²) in [4.78, 5) is 0. The van der Waals surface area contributed by atoms with Crippen LogP contribution in [0, 0.1) is 5.92 Å². The molecular formula is C12H21NO2. The lowest BCUT2D eigenvalue weighted by Crippen LogP contribution is -2.53. The minimum Gasteiger partial charge on any atom is -0.392 e. The van der Waals surface area contributed by atoms with Crippen molar-refractivity contribution in [1.29, 1.82) is 0 Å². The van der Waals surface area contributed by atoms with Crippen LogP contribution < -0.4 is 5.32 Å². The quantitative estimate of drug-likeness (QED) is 0.615. The first kappa shape index (κ1) is 12.4. The van der Waals surface area contributed by atoms with Crippen LogP contribution in [0.3, 0.4) is 0 Å². The predicted octanol–water partition coefficient (Wildman–Crippen LogP) is 1.19. The van der Waals surface area contributed by atoms with Crippen LogP contribution in [0.2, 0.25) is 0 Å². The Hall–Kier alpha value is -0.640. The van der Waals surface area contributed by atoms with Crippen LogP contribution in [0.5, 0.6) is 0 Å². The van der Waals surface area contributed by atoms with E-state index in [2.05, 4.69) is 19.2 Å². The molecule has 0 saturated carbocycles. The topological polar surface area (TPSA) is 52.5 Å². The highest BCUT2D eigenvalue weighted by molar-refractivity contribution is 5.47. The highest BCUT2D eigenvalue weighted by atomic mass is 16.3. The molecule has 1 unspecified atom stereocenters. The molecule has 1 rings (SSSR count). The first-order chi connectivity index (χ1) is 6.89. The van der Waals surface area contributed by atoms with E-state index < -0.39 is 5.72 Å². The van der Waals surface area contributed by atoms with Crippen molar-refractivity contribution in [3.63, 3.8) is 0 Å². The molecule has 0 bridgehead atoms. The molecule has 1 aliphatic carbocycles. The summed E-state index contributed by atoms with van der Waals surface area (Å²) >= 11 is 0. The van der Waals surface area contributed by atoms with Gasteiger partial charge in [-0.25, -0.2) is 0 Å². The van der Waals surface area contributed by atoms with Gasteiger partial charge in [0.2, 0.25) is 0 Å². The number of rotatable bonds is 3. The van der Waals surface area contributed by atoms with Crippen molar-refractivity contribution in [2.45, 2.75) is 33.4 Å². The fourth-order valence-corrected chi connectivity index (χ4v) is 2.38. The van der Waals surface area contributed by atoms with Crippen LogP contribution in [0.15, 0.2) is 22.3 Å². The van der Waals surface area contributed by atoms with Gasteiger partial charge in [0.25, 0.3) is 0 Å². The lowest BCUT2D eigenvalue weighted by Gasteiger charge is -2.34. The standard InChI is InChI=1S/C12H21NO2/c1-7-8(2)10(4)11(9(7)3)12(15,6-14)13-5/h11,13-15H,6H2,1-5H3. The van der Waals surface area contributed by atoms with Crippen LogP contribution in [-0.4, -0.2) is 29.6 Å². The molecule has 15 heavy (non-hydrogen) atoms. The fraction of sp³-hybridized carbons (Fsp3) is 0.667. The summed E-state index contributed by atoms with van der Waals surface area (Å²) in [5.41, 5.74) is 3.47. The first-order valence-corrected chi connectivity index (χ1v) is 5.26. The number of aliphatic hydroxyl groups is 2. The third kappa shape index (κ3) is 1.75. The van der Waals surface area contributed by atoms with Gasteiger partial charge in [-0.15, -0.1) is 0 Å². The SMILES string of the molecule is CNC(O)(CO)C1C(C)=C(C)C(C)=C1C. The van der Waals surface area contributed by atoms with Gasteiger partial charge < -0.3 is 10.2 Å². The van der Waals surface area contributed by atoms with Crippen LogP contribution in [0.4, 0.5) is 0 Å². The third-order valence-corrected chi connectivity index (χ3v) is 3.76. The van der Waals surface area contributed by atoms with Crippen molar-refractivity contribution < 1.29 is 10.2 Å². The van der Waals surface area contributed by atoms with E-state index in [-0.39, 0.29) is 12.5 Å². The van der Waals surface area contributed by atoms with Crippen molar-refractivity contribution in [3.8, 4) is 0 Å². The van der Waals surface area contributed by atoms with E-state index in [1.54, 1.807) is 7.05 Å². The molecule has 0 heterocycles. The number of likely N-dealkylation sites (N-methyl/N-ethyl adjacent to an activating group) is 1. The van der Waals surface area contributed by atoms with Gasteiger partial charge in [0, 0.05) is 5.92 Å². The maximum Gasteiger partial charge on any atom is 0.149 e. The van der Waals surface area contributed by atoms with Gasteiger partial charge >= 0.3 is 0 Å². The van der Waals surface area contributed by atoms with Gasteiger partial charge in [-0.3, -0.25) is 5.32 Å². The summed E-state index contributed by atoms with van der Waals surface area (Å²) < 4.78 is 0.